The average Bonchev–Trinajstić information content (AvgIpc) is 3.33. The lowest BCUT2D eigenvalue weighted by Crippen LogP contribution is -2.26. The van der Waals surface area contributed by atoms with E-state index < -0.39 is 0 Å². The van der Waals surface area contributed by atoms with Crippen molar-refractivity contribution in [2.45, 2.75) is 0 Å². The minimum atomic E-state index is -0.165. The van der Waals surface area contributed by atoms with Gasteiger partial charge >= 0.3 is 0 Å². The second kappa shape index (κ2) is 6.53. The first kappa shape index (κ1) is 17.1. The van der Waals surface area contributed by atoms with Gasteiger partial charge in [-0.15, -0.1) is 0 Å². The molecular formula is C23H18N4O2. The summed E-state index contributed by atoms with van der Waals surface area (Å²) >= 11 is 0. The normalized spacial score (nSPS) is 11.2. The summed E-state index contributed by atoms with van der Waals surface area (Å²) < 4.78 is 3.86. The van der Waals surface area contributed by atoms with Crippen molar-refractivity contribution in [1.29, 1.82) is 0 Å². The van der Waals surface area contributed by atoms with Crippen molar-refractivity contribution in [2.24, 2.45) is 7.05 Å². The van der Waals surface area contributed by atoms with Crippen molar-refractivity contribution < 1.29 is 9.90 Å². The van der Waals surface area contributed by atoms with E-state index in [1.54, 1.807) is 35.4 Å². The van der Waals surface area contributed by atoms with E-state index in [0.29, 0.717) is 16.9 Å². The molecule has 0 aliphatic rings. The fourth-order valence-corrected chi connectivity index (χ4v) is 3.61. The van der Waals surface area contributed by atoms with Crippen molar-refractivity contribution in [3.8, 4) is 5.75 Å². The average molecular weight is 382 g/mol. The number of rotatable bonds is 3. The van der Waals surface area contributed by atoms with Crippen LogP contribution >= 0.6 is 0 Å². The van der Waals surface area contributed by atoms with E-state index in [4.69, 9.17) is 0 Å². The van der Waals surface area contributed by atoms with Crippen molar-refractivity contribution in [1.82, 2.24) is 14.0 Å². The molecule has 6 nitrogen and oxygen atoms in total. The van der Waals surface area contributed by atoms with E-state index in [2.05, 4.69) is 4.98 Å². The summed E-state index contributed by atoms with van der Waals surface area (Å²) in [5.74, 6) is -0.0198. The molecule has 0 bridgehead atoms. The van der Waals surface area contributed by atoms with Gasteiger partial charge in [-0.1, -0.05) is 6.07 Å². The lowest BCUT2D eigenvalue weighted by molar-refractivity contribution is 0.100. The van der Waals surface area contributed by atoms with Gasteiger partial charge in [0, 0.05) is 36.7 Å². The number of aromatic nitrogens is 3. The molecule has 0 spiro atoms. The predicted molar refractivity (Wildman–Crippen MR) is 113 cm³/mol. The Morgan fingerprint density at radius 1 is 0.966 bits per heavy atom. The first-order valence-corrected chi connectivity index (χ1v) is 9.22. The van der Waals surface area contributed by atoms with E-state index in [1.807, 2.05) is 71.0 Å². The molecule has 0 aliphatic heterocycles. The van der Waals surface area contributed by atoms with Crippen molar-refractivity contribution in [2.75, 3.05) is 4.90 Å². The van der Waals surface area contributed by atoms with Gasteiger partial charge in [-0.2, -0.15) is 0 Å². The number of anilines is 2. The summed E-state index contributed by atoms with van der Waals surface area (Å²) in [4.78, 5) is 19.8. The van der Waals surface area contributed by atoms with E-state index in [9.17, 15) is 9.90 Å². The van der Waals surface area contributed by atoms with Crippen molar-refractivity contribution >= 4 is 33.8 Å². The summed E-state index contributed by atoms with van der Waals surface area (Å²) in [6.07, 6.45) is 7.42. The maximum absolute atomic E-state index is 13.7. The molecule has 1 N–H and O–H groups in total. The monoisotopic (exact) mass is 382 g/mol. The maximum Gasteiger partial charge on any atom is 0.265 e. The highest BCUT2D eigenvalue weighted by molar-refractivity contribution is 6.14. The molecule has 1 aromatic carbocycles. The van der Waals surface area contributed by atoms with Gasteiger partial charge in [0.25, 0.3) is 5.91 Å². The van der Waals surface area contributed by atoms with Crippen LogP contribution in [0.3, 0.4) is 0 Å². The highest BCUT2D eigenvalue weighted by Gasteiger charge is 2.23. The number of carbonyl (C=O) groups excluding carboxylic acids is 1. The number of fused-ring (bicyclic) bond motifs is 2. The quantitative estimate of drug-likeness (QED) is 0.499. The van der Waals surface area contributed by atoms with Gasteiger partial charge in [-0.05, 0) is 54.6 Å². The van der Waals surface area contributed by atoms with Gasteiger partial charge < -0.3 is 14.1 Å². The first-order valence-electron chi connectivity index (χ1n) is 9.22. The van der Waals surface area contributed by atoms with Crippen LogP contribution in [0.2, 0.25) is 0 Å². The molecule has 4 heterocycles. The summed E-state index contributed by atoms with van der Waals surface area (Å²) in [5.41, 5.74) is 3.58. The van der Waals surface area contributed by atoms with E-state index in [0.717, 1.165) is 16.6 Å². The fourth-order valence-electron chi connectivity index (χ4n) is 3.61. The standard InChI is InChI=1S/C23H18N4O2/c1-25-12-9-16-14-18(15-24-22(16)25)27(17-5-7-19(28)8-6-17)23(29)20-10-13-26-11-3-2-4-21(20)26/h2-15,28H,1H3. The van der Waals surface area contributed by atoms with Crippen LogP contribution in [0.1, 0.15) is 10.4 Å². The number of amides is 1. The number of phenols is 1. The molecule has 0 unspecified atom stereocenters. The molecule has 0 saturated carbocycles. The van der Waals surface area contributed by atoms with Crippen LogP contribution < -0.4 is 4.90 Å². The van der Waals surface area contributed by atoms with Gasteiger partial charge in [0.05, 0.1) is 23.0 Å². The third-order valence-electron chi connectivity index (χ3n) is 5.06. The molecule has 29 heavy (non-hydrogen) atoms. The Kier molecular flexibility index (Phi) is 3.84. The SMILES string of the molecule is Cn1ccc2cc(N(C(=O)c3ccn4ccccc34)c3ccc(O)cc3)cnc21. The predicted octanol–water partition coefficient (Wildman–Crippen LogP) is 4.51. The van der Waals surface area contributed by atoms with Gasteiger partial charge in [-0.25, -0.2) is 4.98 Å². The number of pyridine rings is 2. The molecule has 0 radical (unpaired) electrons. The minimum Gasteiger partial charge on any atom is -0.508 e. The number of hydrogen-bond donors (Lipinski definition) is 1. The topological polar surface area (TPSA) is 62.8 Å². The van der Waals surface area contributed by atoms with Crippen LogP contribution in [-0.4, -0.2) is 25.0 Å². The summed E-state index contributed by atoms with van der Waals surface area (Å²) in [6, 6.07) is 18.1. The Morgan fingerprint density at radius 3 is 2.62 bits per heavy atom. The van der Waals surface area contributed by atoms with E-state index in [-0.39, 0.29) is 11.7 Å². The number of benzene rings is 1. The smallest absolute Gasteiger partial charge is 0.265 e. The lowest BCUT2D eigenvalue weighted by Gasteiger charge is -2.23. The molecule has 0 aliphatic carbocycles. The second-order valence-corrected chi connectivity index (χ2v) is 6.91. The molecule has 142 valence electrons. The van der Waals surface area contributed by atoms with Crippen LogP contribution in [0.15, 0.2) is 85.5 Å². The molecule has 0 atom stereocenters. The molecular weight excluding hydrogens is 364 g/mol. The fraction of sp³-hybridized carbons (Fsp3) is 0.0435. The number of aryl methyl sites for hydroxylation is 1. The molecule has 6 heteroatoms. The number of nitrogens with zero attached hydrogens (tertiary/aromatic N) is 4. The maximum atomic E-state index is 13.7. The molecule has 1 amide bonds. The first-order chi connectivity index (χ1) is 14.1. The van der Waals surface area contributed by atoms with E-state index >= 15 is 0 Å². The number of carbonyl (C=O) groups is 1. The third-order valence-corrected chi connectivity index (χ3v) is 5.06. The minimum absolute atomic E-state index is 0.145. The number of aromatic hydroxyl groups is 1. The Labute approximate surface area is 166 Å². The van der Waals surface area contributed by atoms with Crippen LogP contribution in [0, 0.1) is 0 Å². The van der Waals surface area contributed by atoms with Crippen LogP contribution in [0.4, 0.5) is 11.4 Å². The third kappa shape index (κ3) is 2.82. The number of hydrogen-bond acceptors (Lipinski definition) is 3. The molecule has 5 aromatic rings. The van der Waals surface area contributed by atoms with Gasteiger partial charge in [-0.3, -0.25) is 9.69 Å². The number of phenolic OH excluding ortho intramolecular Hbond substituents is 1. The molecule has 4 aromatic heterocycles. The Morgan fingerprint density at radius 2 is 1.79 bits per heavy atom. The second-order valence-electron chi connectivity index (χ2n) is 6.91. The van der Waals surface area contributed by atoms with Crippen molar-refractivity contribution in [3.05, 3.63) is 91.0 Å². The molecule has 0 fully saturated rings. The zero-order valence-corrected chi connectivity index (χ0v) is 15.7. The largest absolute Gasteiger partial charge is 0.508 e. The molecule has 5 rings (SSSR count). The van der Waals surface area contributed by atoms with Gasteiger partial charge in [0.1, 0.15) is 11.4 Å². The highest BCUT2D eigenvalue weighted by Crippen LogP contribution is 2.31. The van der Waals surface area contributed by atoms with Crippen LogP contribution in [-0.2, 0) is 7.05 Å². The van der Waals surface area contributed by atoms with Crippen molar-refractivity contribution in [3.63, 3.8) is 0 Å². The Balaban J connectivity index is 1.68. The zero-order valence-electron chi connectivity index (χ0n) is 15.7. The van der Waals surface area contributed by atoms with Crippen LogP contribution in [0.5, 0.6) is 5.75 Å². The van der Waals surface area contributed by atoms with E-state index in [1.165, 1.54) is 0 Å². The summed E-state index contributed by atoms with van der Waals surface area (Å²) in [7, 11) is 1.94. The summed E-state index contributed by atoms with van der Waals surface area (Å²) in [6.45, 7) is 0. The van der Waals surface area contributed by atoms with Crippen LogP contribution in [0.25, 0.3) is 16.6 Å². The molecule has 0 saturated heterocycles. The zero-order chi connectivity index (χ0) is 20.0. The Hall–Kier alpha value is -4.06. The Bertz CT molecular complexity index is 1350. The van der Waals surface area contributed by atoms with Gasteiger partial charge in [0.2, 0.25) is 0 Å². The summed E-state index contributed by atoms with van der Waals surface area (Å²) in [5, 5.41) is 10.6. The van der Waals surface area contributed by atoms with Gasteiger partial charge in [0.15, 0.2) is 0 Å². The lowest BCUT2D eigenvalue weighted by atomic mass is 10.1. The highest BCUT2D eigenvalue weighted by atomic mass is 16.3.